The van der Waals surface area contributed by atoms with E-state index in [9.17, 15) is 9.59 Å². The lowest BCUT2D eigenvalue weighted by molar-refractivity contribution is 0.0672. The average molecular weight is 391 g/mol. The van der Waals surface area contributed by atoms with Crippen molar-refractivity contribution in [1.29, 1.82) is 0 Å². The van der Waals surface area contributed by atoms with E-state index in [1.807, 2.05) is 39.0 Å². The van der Waals surface area contributed by atoms with Crippen molar-refractivity contribution in [1.82, 2.24) is 4.90 Å². The van der Waals surface area contributed by atoms with Crippen LogP contribution in [-0.4, -0.2) is 10.8 Å². The van der Waals surface area contributed by atoms with E-state index in [1.165, 1.54) is 11.0 Å². The first-order valence-electron chi connectivity index (χ1n) is 9.33. The topological polar surface area (TPSA) is 76.8 Å². The van der Waals surface area contributed by atoms with Crippen LogP contribution in [0, 0.1) is 20.8 Å². The Morgan fingerprint density at radius 2 is 1.76 bits per heavy atom. The van der Waals surface area contributed by atoms with E-state index in [-0.39, 0.29) is 24.3 Å². The Labute approximate surface area is 167 Å². The van der Waals surface area contributed by atoms with Crippen LogP contribution in [0.2, 0.25) is 0 Å². The van der Waals surface area contributed by atoms with Gasteiger partial charge in [-0.25, -0.2) is 0 Å². The van der Waals surface area contributed by atoms with E-state index in [0.717, 1.165) is 16.9 Å². The van der Waals surface area contributed by atoms with Gasteiger partial charge in [0.1, 0.15) is 22.9 Å². The van der Waals surface area contributed by atoms with Gasteiger partial charge in [0, 0.05) is 6.07 Å². The van der Waals surface area contributed by atoms with Crippen molar-refractivity contribution in [3.05, 3.63) is 93.1 Å². The van der Waals surface area contributed by atoms with Crippen LogP contribution in [0.5, 0.6) is 0 Å². The molecule has 3 aromatic heterocycles. The molecule has 4 aromatic rings. The second-order valence-electron chi connectivity index (χ2n) is 7.11. The highest BCUT2D eigenvalue weighted by Crippen LogP contribution is 2.22. The third-order valence-electron chi connectivity index (χ3n) is 4.98. The average Bonchev–Trinajstić information content (AvgIpc) is 3.35. The molecule has 0 aliphatic carbocycles. The SMILES string of the molecule is Cc1ccc(CN(Cc2ccco2)C(=O)c2cc(=O)c3ccc(C)c(C)c3o2)o1. The molecule has 3 heterocycles. The highest BCUT2D eigenvalue weighted by molar-refractivity contribution is 5.93. The molecule has 1 amide bonds. The van der Waals surface area contributed by atoms with E-state index >= 15 is 0 Å². The summed E-state index contributed by atoms with van der Waals surface area (Å²) in [5.41, 5.74) is 2.02. The zero-order valence-corrected chi connectivity index (χ0v) is 16.5. The lowest BCUT2D eigenvalue weighted by Crippen LogP contribution is -2.30. The number of hydrogen-bond acceptors (Lipinski definition) is 5. The van der Waals surface area contributed by atoms with Crippen LogP contribution in [0.4, 0.5) is 0 Å². The predicted octanol–water partition coefficient (Wildman–Crippen LogP) is 4.75. The van der Waals surface area contributed by atoms with Crippen LogP contribution in [0.3, 0.4) is 0 Å². The molecule has 0 unspecified atom stereocenters. The maximum Gasteiger partial charge on any atom is 0.290 e. The van der Waals surface area contributed by atoms with Crippen LogP contribution in [-0.2, 0) is 13.1 Å². The quantitative estimate of drug-likeness (QED) is 0.491. The molecule has 148 valence electrons. The van der Waals surface area contributed by atoms with E-state index in [2.05, 4.69) is 0 Å². The minimum atomic E-state index is -0.407. The third kappa shape index (κ3) is 3.74. The molecule has 0 aliphatic heterocycles. The number of amides is 1. The number of rotatable bonds is 5. The summed E-state index contributed by atoms with van der Waals surface area (Å²) in [6.45, 7) is 6.10. The van der Waals surface area contributed by atoms with Gasteiger partial charge in [-0.3, -0.25) is 9.59 Å². The van der Waals surface area contributed by atoms with Gasteiger partial charge in [-0.2, -0.15) is 0 Å². The maximum atomic E-state index is 13.3. The molecule has 0 saturated heterocycles. The molecule has 4 rings (SSSR count). The number of hydrogen-bond donors (Lipinski definition) is 0. The lowest BCUT2D eigenvalue weighted by Gasteiger charge is -2.20. The predicted molar refractivity (Wildman–Crippen MR) is 108 cm³/mol. The Hall–Kier alpha value is -3.54. The molecule has 0 bridgehead atoms. The summed E-state index contributed by atoms with van der Waals surface area (Å²) in [6.07, 6.45) is 1.55. The summed E-state index contributed by atoms with van der Waals surface area (Å²) < 4.78 is 16.9. The van der Waals surface area contributed by atoms with Crippen LogP contribution >= 0.6 is 0 Å². The first-order chi connectivity index (χ1) is 13.9. The Kier molecular flexibility index (Phi) is 4.84. The van der Waals surface area contributed by atoms with Crippen molar-refractivity contribution >= 4 is 16.9 Å². The van der Waals surface area contributed by atoms with Gasteiger partial charge in [0.25, 0.3) is 5.91 Å². The van der Waals surface area contributed by atoms with Gasteiger partial charge in [0.15, 0.2) is 11.2 Å². The molecule has 1 aromatic carbocycles. The van der Waals surface area contributed by atoms with E-state index in [1.54, 1.807) is 24.5 Å². The van der Waals surface area contributed by atoms with Crippen molar-refractivity contribution in [2.45, 2.75) is 33.9 Å². The molecule has 0 radical (unpaired) electrons. The van der Waals surface area contributed by atoms with Crippen LogP contribution in [0.15, 0.2) is 66.8 Å². The van der Waals surface area contributed by atoms with Crippen molar-refractivity contribution in [2.24, 2.45) is 0 Å². The minimum absolute atomic E-state index is 0.00830. The van der Waals surface area contributed by atoms with Crippen LogP contribution in [0.25, 0.3) is 11.0 Å². The first kappa shape index (κ1) is 18.8. The Balaban J connectivity index is 1.74. The largest absolute Gasteiger partial charge is 0.467 e. The van der Waals surface area contributed by atoms with Gasteiger partial charge in [0.2, 0.25) is 0 Å². The number of benzene rings is 1. The van der Waals surface area contributed by atoms with Crippen LogP contribution < -0.4 is 5.43 Å². The molecule has 29 heavy (non-hydrogen) atoms. The summed E-state index contributed by atoms with van der Waals surface area (Å²) in [7, 11) is 0. The second-order valence-corrected chi connectivity index (χ2v) is 7.11. The highest BCUT2D eigenvalue weighted by Gasteiger charge is 2.23. The molecule has 0 N–H and O–H groups in total. The van der Waals surface area contributed by atoms with Gasteiger partial charge in [-0.05, 0) is 62.2 Å². The number of fused-ring (bicyclic) bond motifs is 1. The summed E-state index contributed by atoms with van der Waals surface area (Å²) >= 11 is 0. The number of nitrogens with zero attached hydrogens (tertiary/aromatic N) is 1. The van der Waals surface area contributed by atoms with Gasteiger partial charge in [0.05, 0.1) is 24.7 Å². The molecule has 0 saturated carbocycles. The van der Waals surface area contributed by atoms with Gasteiger partial charge in [-0.1, -0.05) is 6.07 Å². The minimum Gasteiger partial charge on any atom is -0.467 e. The monoisotopic (exact) mass is 391 g/mol. The molecule has 0 spiro atoms. The molecular weight excluding hydrogens is 370 g/mol. The van der Waals surface area contributed by atoms with Crippen molar-refractivity contribution in [3.63, 3.8) is 0 Å². The van der Waals surface area contributed by atoms with Crippen molar-refractivity contribution in [3.8, 4) is 0 Å². The molecule has 0 aliphatic rings. The Morgan fingerprint density at radius 3 is 2.45 bits per heavy atom. The molecule has 0 fully saturated rings. The highest BCUT2D eigenvalue weighted by atomic mass is 16.4. The standard InChI is InChI=1S/C23H21NO5/c1-14-6-9-19-20(25)11-21(29-22(19)16(14)3)23(26)24(12-17-5-4-10-27-17)13-18-8-7-15(2)28-18/h4-11H,12-13H2,1-3H3. The molecular formula is C23H21NO5. The number of carbonyl (C=O) groups is 1. The van der Waals surface area contributed by atoms with E-state index < -0.39 is 5.91 Å². The summed E-state index contributed by atoms with van der Waals surface area (Å²) in [6, 6.07) is 12.1. The van der Waals surface area contributed by atoms with Crippen LogP contribution in [0.1, 0.15) is 39.0 Å². The Morgan fingerprint density at radius 1 is 0.966 bits per heavy atom. The zero-order chi connectivity index (χ0) is 20.5. The lowest BCUT2D eigenvalue weighted by atomic mass is 10.1. The summed E-state index contributed by atoms with van der Waals surface area (Å²) in [4.78, 5) is 27.4. The first-order valence-corrected chi connectivity index (χ1v) is 9.33. The van der Waals surface area contributed by atoms with E-state index in [4.69, 9.17) is 13.3 Å². The van der Waals surface area contributed by atoms with Gasteiger partial charge < -0.3 is 18.2 Å². The second kappa shape index (κ2) is 7.47. The van der Waals surface area contributed by atoms with Gasteiger partial charge in [-0.15, -0.1) is 0 Å². The normalized spacial score (nSPS) is 11.1. The fourth-order valence-corrected chi connectivity index (χ4v) is 3.26. The number of aryl methyl sites for hydroxylation is 3. The smallest absolute Gasteiger partial charge is 0.290 e. The fraction of sp³-hybridized carbons (Fsp3) is 0.217. The molecule has 6 nitrogen and oxygen atoms in total. The number of carbonyl (C=O) groups excluding carboxylic acids is 1. The number of furan rings is 2. The fourth-order valence-electron chi connectivity index (χ4n) is 3.26. The van der Waals surface area contributed by atoms with Crippen molar-refractivity contribution < 1.29 is 18.0 Å². The zero-order valence-electron chi connectivity index (χ0n) is 16.5. The summed E-state index contributed by atoms with van der Waals surface area (Å²) in [5, 5.41) is 0.462. The maximum absolute atomic E-state index is 13.3. The van der Waals surface area contributed by atoms with Gasteiger partial charge >= 0.3 is 0 Å². The van der Waals surface area contributed by atoms with Crippen molar-refractivity contribution in [2.75, 3.05) is 0 Å². The molecule has 0 atom stereocenters. The summed E-state index contributed by atoms with van der Waals surface area (Å²) in [5.74, 6) is 1.60. The Bertz CT molecular complexity index is 1230. The molecule has 6 heteroatoms. The third-order valence-corrected chi connectivity index (χ3v) is 4.98. The van der Waals surface area contributed by atoms with E-state index in [0.29, 0.717) is 22.5 Å².